The van der Waals surface area contributed by atoms with Gasteiger partial charge in [-0.3, -0.25) is 5.32 Å². The Bertz CT molecular complexity index is 1750. The highest BCUT2D eigenvalue weighted by Gasteiger charge is 2.41. The predicted molar refractivity (Wildman–Crippen MR) is 174 cm³/mol. The van der Waals surface area contributed by atoms with Crippen molar-refractivity contribution in [2.75, 3.05) is 0 Å². The molecule has 45 heavy (non-hydrogen) atoms. The summed E-state index contributed by atoms with van der Waals surface area (Å²) in [6.45, 7) is 3.50. The molecule has 0 aromatic heterocycles. The van der Waals surface area contributed by atoms with E-state index in [1.165, 1.54) is 0 Å². The van der Waals surface area contributed by atoms with Crippen molar-refractivity contribution in [3.63, 3.8) is 0 Å². The van der Waals surface area contributed by atoms with Crippen LogP contribution in [0, 0.1) is 0 Å². The maximum atomic E-state index is 11.6. The number of hydrogen-bond donors (Lipinski definition) is 8. The fourth-order valence-corrected chi connectivity index (χ4v) is 5.89. The van der Waals surface area contributed by atoms with Gasteiger partial charge in [0.1, 0.15) is 35.4 Å². The van der Waals surface area contributed by atoms with Crippen LogP contribution >= 0.6 is 0 Å². The second kappa shape index (κ2) is 13.2. The average Bonchev–Trinajstić information content (AvgIpc) is 3.05. The molecule has 4 aromatic rings. The number of nitrogens with zero attached hydrogens (tertiary/aromatic N) is 1. The number of phenols is 3. The summed E-state index contributed by atoms with van der Waals surface area (Å²) in [6.07, 6.45) is -2.04. The number of hydrogen-bond acceptors (Lipinski definition) is 8. The lowest BCUT2D eigenvalue weighted by Gasteiger charge is -2.35. The fraction of sp³-hybridized carbons (Fsp3) is 0.194. The van der Waals surface area contributed by atoms with Crippen molar-refractivity contribution < 1.29 is 30.6 Å². The molecular formula is C36H37N3O6. The monoisotopic (exact) mass is 607 g/mol. The van der Waals surface area contributed by atoms with Crippen molar-refractivity contribution in [3.8, 4) is 28.4 Å². The molecule has 4 unspecified atom stereocenters. The van der Waals surface area contributed by atoms with Crippen molar-refractivity contribution >= 4 is 5.84 Å². The minimum absolute atomic E-state index is 0.0309. The molecule has 9 N–H and O–H groups in total. The highest BCUT2D eigenvalue weighted by Crippen LogP contribution is 2.51. The zero-order valence-corrected chi connectivity index (χ0v) is 25.0. The van der Waals surface area contributed by atoms with Gasteiger partial charge >= 0.3 is 0 Å². The van der Waals surface area contributed by atoms with Crippen LogP contribution in [0.4, 0.5) is 0 Å². The third-order valence-electron chi connectivity index (χ3n) is 8.16. The van der Waals surface area contributed by atoms with Crippen LogP contribution in [0.5, 0.6) is 17.2 Å². The maximum Gasteiger partial charge on any atom is 0.169 e. The number of aliphatic hydroxyl groups is 3. The Hall–Kier alpha value is -5.25. The third-order valence-corrected chi connectivity index (χ3v) is 8.16. The lowest BCUT2D eigenvalue weighted by Crippen LogP contribution is -2.38. The molecule has 0 amide bonds. The van der Waals surface area contributed by atoms with E-state index in [0.29, 0.717) is 11.1 Å². The van der Waals surface area contributed by atoms with E-state index < -0.39 is 47.2 Å². The second-order valence-electron chi connectivity index (χ2n) is 11.0. The van der Waals surface area contributed by atoms with Crippen molar-refractivity contribution in [3.05, 3.63) is 136 Å². The Balaban J connectivity index is 1.55. The van der Waals surface area contributed by atoms with E-state index in [4.69, 9.17) is 10.7 Å². The highest BCUT2D eigenvalue weighted by atomic mass is 16.3. The van der Waals surface area contributed by atoms with E-state index >= 15 is 0 Å². The maximum absolute atomic E-state index is 11.6. The first-order chi connectivity index (χ1) is 21.6. The average molecular weight is 608 g/mol. The molecule has 232 valence electrons. The second-order valence-corrected chi connectivity index (χ2v) is 11.0. The zero-order chi connectivity index (χ0) is 32.2. The first kappa shape index (κ1) is 31.2. The molecule has 0 heterocycles. The van der Waals surface area contributed by atoms with Crippen molar-refractivity contribution in [1.82, 2.24) is 5.32 Å². The van der Waals surface area contributed by atoms with E-state index in [1.54, 1.807) is 44.2 Å². The number of nitrogens with one attached hydrogen (secondary N) is 1. The number of aliphatic hydroxyl groups excluding tert-OH is 3. The number of rotatable bonds is 9. The number of benzene rings is 4. The minimum atomic E-state index is -1.60. The molecule has 0 saturated carbocycles. The zero-order valence-electron chi connectivity index (χ0n) is 25.0. The molecule has 4 atom stereocenters. The van der Waals surface area contributed by atoms with Crippen molar-refractivity contribution in [1.29, 1.82) is 0 Å². The molecule has 0 spiro atoms. The topological polar surface area (TPSA) is 172 Å². The fourth-order valence-electron chi connectivity index (χ4n) is 5.89. The summed E-state index contributed by atoms with van der Waals surface area (Å²) in [7, 11) is 0. The van der Waals surface area contributed by atoms with E-state index in [9.17, 15) is 30.6 Å². The van der Waals surface area contributed by atoms with Gasteiger partial charge < -0.3 is 36.4 Å². The van der Waals surface area contributed by atoms with E-state index in [0.717, 1.165) is 17.2 Å². The van der Waals surface area contributed by atoms with Gasteiger partial charge in [-0.25, -0.2) is 4.99 Å². The van der Waals surface area contributed by atoms with Crippen LogP contribution in [0.1, 0.15) is 49.0 Å². The summed E-state index contributed by atoms with van der Waals surface area (Å²) < 4.78 is 0. The Labute approximate surface area is 261 Å². The van der Waals surface area contributed by atoms with Gasteiger partial charge in [-0.05, 0) is 36.1 Å². The third kappa shape index (κ3) is 6.08. The highest BCUT2D eigenvalue weighted by molar-refractivity contribution is 5.97. The summed E-state index contributed by atoms with van der Waals surface area (Å²) in [5.41, 5.74) is 8.71. The van der Waals surface area contributed by atoms with Gasteiger partial charge in [0.15, 0.2) is 11.5 Å². The van der Waals surface area contributed by atoms with Crippen LogP contribution < -0.4 is 11.1 Å². The van der Waals surface area contributed by atoms with E-state index in [1.807, 2.05) is 60.7 Å². The van der Waals surface area contributed by atoms with Crippen LogP contribution in [0.2, 0.25) is 0 Å². The molecule has 0 saturated heterocycles. The number of phenolic OH excluding ortho intramolecular Hbond substituents is 3. The van der Waals surface area contributed by atoms with Gasteiger partial charge in [0, 0.05) is 23.1 Å². The number of aromatic hydroxyl groups is 3. The molecule has 1 aliphatic rings. The molecule has 4 aromatic carbocycles. The Morgan fingerprint density at radius 1 is 0.844 bits per heavy atom. The van der Waals surface area contributed by atoms with Gasteiger partial charge in [-0.2, -0.15) is 0 Å². The molecule has 0 fully saturated rings. The number of nitrogens with two attached hydrogens (primary N) is 1. The summed E-state index contributed by atoms with van der Waals surface area (Å²) in [5.74, 6) is -3.04. The standard InChI is InChI=1S/C36H37N3O6/c1-3-24-29(25-19-26(40)32(43)28(31(25)42)21-13-7-4-8-14-21)34(45)33(44)27(30(24)41)20(2)38-36(23-17-11-6-12-18-23)39-35(37)22-15-9-5-10-16-22/h4-20,29,34,36,38,40-45H,3H2,1-2H3,(H2,37,39). The van der Waals surface area contributed by atoms with Gasteiger partial charge in [-0.1, -0.05) is 97.9 Å². The number of amidine groups is 1. The largest absolute Gasteiger partial charge is 0.509 e. The number of aliphatic imine (C=N–C) groups is 1. The molecule has 1 aliphatic carbocycles. The Morgan fingerprint density at radius 3 is 2.02 bits per heavy atom. The molecule has 0 bridgehead atoms. The lowest BCUT2D eigenvalue weighted by atomic mass is 9.75. The Morgan fingerprint density at radius 2 is 1.42 bits per heavy atom. The van der Waals surface area contributed by atoms with Gasteiger partial charge in [0.25, 0.3) is 0 Å². The van der Waals surface area contributed by atoms with Gasteiger partial charge in [-0.15, -0.1) is 0 Å². The summed E-state index contributed by atoms with van der Waals surface area (Å²) >= 11 is 0. The molecule has 0 aliphatic heterocycles. The van der Waals surface area contributed by atoms with Crippen LogP contribution in [0.3, 0.4) is 0 Å². The van der Waals surface area contributed by atoms with Crippen LogP contribution in [-0.4, -0.2) is 48.6 Å². The van der Waals surface area contributed by atoms with Crippen molar-refractivity contribution in [2.24, 2.45) is 10.7 Å². The summed E-state index contributed by atoms with van der Waals surface area (Å²) in [5, 5.41) is 70.6. The van der Waals surface area contributed by atoms with Crippen LogP contribution in [-0.2, 0) is 0 Å². The molecule has 5 rings (SSSR count). The van der Waals surface area contributed by atoms with Crippen LogP contribution in [0.25, 0.3) is 11.1 Å². The Kier molecular flexibility index (Phi) is 9.13. The van der Waals surface area contributed by atoms with Crippen LogP contribution in [0.15, 0.2) is 125 Å². The lowest BCUT2D eigenvalue weighted by molar-refractivity contribution is 0.122. The quantitative estimate of drug-likeness (QED) is 0.0492. The molecule has 0 radical (unpaired) electrons. The van der Waals surface area contributed by atoms with Crippen molar-refractivity contribution in [2.45, 2.75) is 44.5 Å². The predicted octanol–water partition coefficient (Wildman–Crippen LogP) is 6.05. The molecular weight excluding hydrogens is 570 g/mol. The summed E-state index contributed by atoms with van der Waals surface area (Å²) in [6, 6.07) is 27.6. The molecule has 9 nitrogen and oxygen atoms in total. The van der Waals surface area contributed by atoms with E-state index in [-0.39, 0.29) is 34.7 Å². The SMILES string of the molecule is CCC1=C(O)C(C(C)NC(N=C(N)c2ccccc2)c2ccccc2)=C(O)C(O)C1c1cc(O)c(O)c(-c2ccccc2)c1O. The first-order valence-corrected chi connectivity index (χ1v) is 14.7. The van der Waals surface area contributed by atoms with Gasteiger partial charge in [0.2, 0.25) is 0 Å². The normalized spacial score (nSPS) is 18.6. The smallest absolute Gasteiger partial charge is 0.169 e. The van der Waals surface area contributed by atoms with Gasteiger partial charge in [0.05, 0.1) is 11.1 Å². The first-order valence-electron chi connectivity index (χ1n) is 14.7. The summed E-state index contributed by atoms with van der Waals surface area (Å²) in [4.78, 5) is 4.73. The van der Waals surface area contributed by atoms with E-state index in [2.05, 4.69) is 5.32 Å². The molecule has 9 heteroatoms. The minimum Gasteiger partial charge on any atom is -0.509 e.